The maximum Gasteiger partial charge on any atom is 0.393 e. The summed E-state index contributed by atoms with van der Waals surface area (Å²) in [6.45, 7) is 0.802. The van der Waals surface area contributed by atoms with Gasteiger partial charge in [-0.15, -0.1) is 11.6 Å². The molecule has 4 fully saturated rings. The van der Waals surface area contributed by atoms with Crippen molar-refractivity contribution in [2.45, 2.75) is 81.0 Å². The number of nitrogens with zero attached hydrogens (tertiary/aromatic N) is 1. The first kappa shape index (κ1) is 24.0. The zero-order chi connectivity index (χ0) is 23.1. The molecule has 0 aromatic heterocycles. The lowest BCUT2D eigenvalue weighted by atomic mass is 9.78. The Kier molecular flexibility index (Phi) is 6.95. The van der Waals surface area contributed by atoms with Gasteiger partial charge in [0.15, 0.2) is 0 Å². The predicted octanol–water partition coefficient (Wildman–Crippen LogP) is 1.96. The molecule has 3 saturated carbocycles. The molecule has 5 N–H and O–H groups in total. The van der Waals surface area contributed by atoms with Crippen molar-refractivity contribution in [2.75, 3.05) is 13.1 Å². The van der Waals surface area contributed by atoms with E-state index in [2.05, 4.69) is 22.0 Å². The van der Waals surface area contributed by atoms with Crippen LogP contribution in [-0.2, 0) is 9.53 Å². The number of carbonyl (C=O) groups excluding carboxylic acids is 1. The van der Waals surface area contributed by atoms with E-state index in [1.807, 2.05) is 0 Å². The summed E-state index contributed by atoms with van der Waals surface area (Å²) < 4.78 is 46.5. The van der Waals surface area contributed by atoms with Gasteiger partial charge in [0, 0.05) is 30.4 Å². The maximum atomic E-state index is 13.4. The molecule has 1 amide bonds. The Bertz CT molecular complexity index is 738. The van der Waals surface area contributed by atoms with Crippen molar-refractivity contribution in [1.82, 2.24) is 16.0 Å². The summed E-state index contributed by atoms with van der Waals surface area (Å²) in [5.74, 6) is -2.13. The van der Waals surface area contributed by atoms with Crippen molar-refractivity contribution in [1.29, 1.82) is 5.26 Å². The lowest BCUT2D eigenvalue weighted by Gasteiger charge is -2.46. The van der Waals surface area contributed by atoms with Crippen molar-refractivity contribution < 1.29 is 22.7 Å². The van der Waals surface area contributed by atoms with Crippen LogP contribution < -0.4 is 21.7 Å². The molecule has 0 aromatic carbocycles. The first-order valence-corrected chi connectivity index (χ1v) is 11.9. The molecule has 6 unspecified atom stereocenters. The van der Waals surface area contributed by atoms with Gasteiger partial charge in [-0.1, -0.05) is 0 Å². The normalized spacial score (nSPS) is 41.2. The van der Waals surface area contributed by atoms with Crippen LogP contribution in [0.2, 0.25) is 0 Å². The topological polar surface area (TPSA) is 112 Å². The molecule has 11 heteroatoms. The number of nitrogens with one attached hydrogen (secondary N) is 3. The van der Waals surface area contributed by atoms with Crippen LogP contribution in [0.5, 0.6) is 0 Å². The minimum atomic E-state index is -4.32. The smallest absolute Gasteiger partial charge is 0.360 e. The Hall–Kier alpha value is -1.12. The summed E-state index contributed by atoms with van der Waals surface area (Å²) in [5.41, 5.74) is 4.97. The monoisotopic (exact) mass is 477 g/mol. The van der Waals surface area contributed by atoms with Crippen molar-refractivity contribution in [2.24, 2.45) is 28.9 Å². The van der Waals surface area contributed by atoms with Crippen LogP contribution in [0.1, 0.15) is 44.9 Å². The molecule has 4 aliphatic rings. The third kappa shape index (κ3) is 5.17. The number of ether oxygens (including phenoxy) is 1. The van der Waals surface area contributed by atoms with E-state index in [1.54, 1.807) is 0 Å². The number of carbonyl (C=O) groups is 1. The Morgan fingerprint density at radius 1 is 1.28 bits per heavy atom. The minimum Gasteiger partial charge on any atom is -0.360 e. The van der Waals surface area contributed by atoms with Crippen LogP contribution in [0.25, 0.3) is 0 Å². The fraction of sp³-hybridized carbons (Fsp3) is 0.905. The van der Waals surface area contributed by atoms with E-state index in [4.69, 9.17) is 22.1 Å². The highest BCUT2D eigenvalue weighted by molar-refractivity contribution is 6.20. The number of nitrogens with two attached hydrogens (primary N) is 1. The zero-order valence-corrected chi connectivity index (χ0v) is 18.6. The van der Waals surface area contributed by atoms with Crippen molar-refractivity contribution in [3.8, 4) is 6.07 Å². The highest BCUT2D eigenvalue weighted by atomic mass is 35.5. The highest BCUT2D eigenvalue weighted by Gasteiger charge is 2.51. The molecule has 0 aromatic rings. The Balaban J connectivity index is 1.37. The molecule has 180 valence electrons. The van der Waals surface area contributed by atoms with E-state index in [0.717, 1.165) is 12.8 Å². The second kappa shape index (κ2) is 9.26. The molecule has 4 rings (SSSR count). The third-order valence-electron chi connectivity index (χ3n) is 7.46. The average Bonchev–Trinajstić information content (AvgIpc) is 3.52. The summed E-state index contributed by atoms with van der Waals surface area (Å²) in [6, 6.07) is 2.19. The summed E-state index contributed by atoms with van der Waals surface area (Å²) >= 11 is 6.00. The van der Waals surface area contributed by atoms with Gasteiger partial charge < -0.3 is 21.1 Å². The Labute approximate surface area is 190 Å². The summed E-state index contributed by atoms with van der Waals surface area (Å²) in [7, 11) is 0. The number of hydrogen-bond acceptors (Lipinski definition) is 6. The fourth-order valence-corrected chi connectivity index (χ4v) is 5.40. The van der Waals surface area contributed by atoms with Crippen LogP contribution in [0, 0.1) is 34.5 Å². The molecule has 1 aliphatic heterocycles. The number of nitriles is 1. The zero-order valence-electron chi connectivity index (χ0n) is 17.8. The Morgan fingerprint density at radius 3 is 2.59 bits per heavy atom. The third-order valence-corrected chi connectivity index (χ3v) is 7.99. The first-order valence-electron chi connectivity index (χ1n) is 11.4. The molecular formula is C21H31ClF3N5O2. The molecule has 0 radical (unpaired) electrons. The molecular weight excluding hydrogens is 447 g/mol. The Morgan fingerprint density at radius 2 is 2.00 bits per heavy atom. The standard InChI is InChI=1S/C21H31ClF3N5O2/c22-16-2-1-11(5-15(16)21(23,24)25)17-28-8-12(9-29-19(31)20(10-26)3-4-20)18(30-17)32-14-6-13(27)7-14/h11-18,28,30H,1-9,27H2,(H,29,31). The predicted molar refractivity (Wildman–Crippen MR) is 111 cm³/mol. The van der Waals surface area contributed by atoms with Gasteiger partial charge in [0.2, 0.25) is 5.91 Å². The molecule has 6 atom stereocenters. The van der Waals surface area contributed by atoms with Crippen LogP contribution in [0.4, 0.5) is 13.2 Å². The number of amides is 1. The molecule has 3 aliphatic carbocycles. The van der Waals surface area contributed by atoms with E-state index < -0.39 is 29.1 Å². The number of alkyl halides is 4. The van der Waals surface area contributed by atoms with Gasteiger partial charge in [-0.25, -0.2) is 0 Å². The second-order valence-electron chi connectivity index (χ2n) is 9.86. The average molecular weight is 478 g/mol. The van der Waals surface area contributed by atoms with Crippen molar-refractivity contribution >= 4 is 17.5 Å². The van der Waals surface area contributed by atoms with E-state index in [9.17, 15) is 23.2 Å². The van der Waals surface area contributed by atoms with Gasteiger partial charge in [-0.2, -0.15) is 18.4 Å². The number of hydrogen-bond donors (Lipinski definition) is 4. The quantitative estimate of drug-likeness (QED) is 0.435. The van der Waals surface area contributed by atoms with Crippen LogP contribution >= 0.6 is 11.6 Å². The number of halogens is 4. The van der Waals surface area contributed by atoms with Crippen molar-refractivity contribution in [3.05, 3.63) is 0 Å². The van der Waals surface area contributed by atoms with Crippen LogP contribution in [0.3, 0.4) is 0 Å². The molecule has 32 heavy (non-hydrogen) atoms. The van der Waals surface area contributed by atoms with E-state index >= 15 is 0 Å². The molecule has 1 saturated heterocycles. The van der Waals surface area contributed by atoms with Gasteiger partial charge in [-0.3, -0.25) is 10.1 Å². The van der Waals surface area contributed by atoms with Crippen LogP contribution in [0.15, 0.2) is 0 Å². The van der Waals surface area contributed by atoms with E-state index in [1.165, 1.54) is 0 Å². The largest absolute Gasteiger partial charge is 0.393 e. The van der Waals surface area contributed by atoms with Gasteiger partial charge in [0.1, 0.15) is 11.6 Å². The van der Waals surface area contributed by atoms with Gasteiger partial charge in [0.05, 0.1) is 24.3 Å². The van der Waals surface area contributed by atoms with E-state index in [0.29, 0.717) is 38.8 Å². The molecule has 1 heterocycles. The van der Waals surface area contributed by atoms with Crippen LogP contribution in [-0.4, -0.2) is 55.1 Å². The lowest BCUT2D eigenvalue weighted by Crippen LogP contribution is -2.65. The molecule has 0 spiro atoms. The van der Waals surface area contributed by atoms with Crippen molar-refractivity contribution in [3.63, 3.8) is 0 Å². The maximum absolute atomic E-state index is 13.4. The summed E-state index contributed by atoms with van der Waals surface area (Å²) in [4.78, 5) is 12.4. The first-order chi connectivity index (χ1) is 15.1. The highest BCUT2D eigenvalue weighted by Crippen LogP contribution is 2.45. The second-order valence-corrected chi connectivity index (χ2v) is 10.4. The van der Waals surface area contributed by atoms with E-state index in [-0.39, 0.29) is 42.5 Å². The van der Waals surface area contributed by atoms with Gasteiger partial charge >= 0.3 is 6.18 Å². The summed E-state index contributed by atoms with van der Waals surface area (Å²) in [5, 5.41) is 17.9. The molecule has 0 bridgehead atoms. The van der Waals surface area contributed by atoms with Gasteiger partial charge in [-0.05, 0) is 50.9 Å². The fourth-order valence-electron chi connectivity index (χ4n) is 5.03. The number of rotatable bonds is 6. The molecule has 7 nitrogen and oxygen atoms in total. The SMILES string of the molecule is N#CC1(C(=O)NCC2CNC(C3CCC(Cl)C(C(F)(F)F)C3)NC2OC2CC(N)C2)CC1. The van der Waals surface area contributed by atoms with Gasteiger partial charge in [0.25, 0.3) is 0 Å². The lowest BCUT2D eigenvalue weighted by molar-refractivity contribution is -0.187. The minimum absolute atomic E-state index is 0.00478. The summed E-state index contributed by atoms with van der Waals surface area (Å²) in [6.07, 6.45) is -1.58.